The number of nitrogen functional groups attached to an aromatic ring is 1. The van der Waals surface area contributed by atoms with Crippen LogP contribution in [0.25, 0.3) is 0 Å². The first-order chi connectivity index (χ1) is 5.11. The zero-order chi connectivity index (χ0) is 8.43. The maximum atomic E-state index is 9.18. The van der Waals surface area contributed by atoms with E-state index >= 15 is 0 Å². The van der Waals surface area contributed by atoms with Crippen LogP contribution in [0.5, 0.6) is 0 Å². The lowest BCUT2D eigenvalue weighted by Crippen LogP contribution is -1.95. The quantitative estimate of drug-likeness (QED) is 0.599. The summed E-state index contributed by atoms with van der Waals surface area (Å²) < 4.78 is 0. The Labute approximate surface area is 66.7 Å². The van der Waals surface area contributed by atoms with Crippen LogP contribution in [-0.4, -0.2) is 5.11 Å². The maximum Gasteiger partial charge on any atom is 0.0762 e. The Kier molecular flexibility index (Phi) is 2.15. The van der Waals surface area contributed by atoms with E-state index in [1.807, 2.05) is 19.1 Å². The molecular formula is C9H13NO. The smallest absolute Gasteiger partial charge is 0.0762 e. The summed E-state index contributed by atoms with van der Waals surface area (Å²) in [5, 5.41) is 9.18. The van der Waals surface area contributed by atoms with Gasteiger partial charge in [0.05, 0.1) is 6.10 Å². The molecule has 0 aliphatic heterocycles. The molecule has 0 amide bonds. The van der Waals surface area contributed by atoms with Crippen molar-refractivity contribution in [1.82, 2.24) is 0 Å². The summed E-state index contributed by atoms with van der Waals surface area (Å²) in [6.07, 6.45) is -0.433. The van der Waals surface area contributed by atoms with E-state index in [2.05, 4.69) is 0 Å². The predicted octanol–water partition coefficient (Wildman–Crippen LogP) is 1.63. The Balaban J connectivity index is 3.05. The molecule has 3 N–H and O–H groups in total. The van der Waals surface area contributed by atoms with E-state index in [9.17, 15) is 5.11 Å². The van der Waals surface area contributed by atoms with Crippen LogP contribution in [0.3, 0.4) is 0 Å². The number of anilines is 1. The number of aryl methyl sites for hydroxylation is 1. The average molecular weight is 151 g/mol. The lowest BCUT2D eigenvalue weighted by Gasteiger charge is -2.06. The minimum atomic E-state index is -0.433. The van der Waals surface area contributed by atoms with Crippen molar-refractivity contribution in [2.45, 2.75) is 20.0 Å². The van der Waals surface area contributed by atoms with Crippen LogP contribution in [0.15, 0.2) is 18.2 Å². The van der Waals surface area contributed by atoms with Crippen LogP contribution in [0, 0.1) is 6.92 Å². The Hall–Kier alpha value is -1.02. The summed E-state index contributed by atoms with van der Waals surface area (Å²) in [6, 6.07) is 5.60. The van der Waals surface area contributed by atoms with Crippen molar-refractivity contribution in [1.29, 1.82) is 0 Å². The molecule has 0 saturated heterocycles. The monoisotopic (exact) mass is 151 g/mol. The fourth-order valence-electron chi connectivity index (χ4n) is 0.919. The molecule has 0 bridgehead atoms. The molecule has 0 spiro atoms. The highest BCUT2D eigenvalue weighted by molar-refractivity contribution is 5.48. The zero-order valence-electron chi connectivity index (χ0n) is 6.83. The first kappa shape index (κ1) is 8.08. The Morgan fingerprint density at radius 2 is 2.09 bits per heavy atom. The summed E-state index contributed by atoms with van der Waals surface area (Å²) in [4.78, 5) is 0. The highest BCUT2D eigenvalue weighted by atomic mass is 16.3. The Bertz CT molecular complexity index is 256. The third-order valence-electron chi connectivity index (χ3n) is 1.79. The zero-order valence-corrected chi connectivity index (χ0v) is 6.83. The van der Waals surface area contributed by atoms with Crippen molar-refractivity contribution in [2.24, 2.45) is 0 Å². The minimum absolute atomic E-state index is 0.433. The fourth-order valence-corrected chi connectivity index (χ4v) is 0.919. The number of hydrogen-bond donors (Lipinski definition) is 2. The van der Waals surface area contributed by atoms with Gasteiger partial charge in [-0.3, -0.25) is 0 Å². The van der Waals surface area contributed by atoms with Crippen molar-refractivity contribution >= 4 is 5.69 Å². The third-order valence-corrected chi connectivity index (χ3v) is 1.79. The summed E-state index contributed by atoms with van der Waals surface area (Å²) in [5.74, 6) is 0. The van der Waals surface area contributed by atoms with E-state index < -0.39 is 6.10 Å². The molecule has 0 radical (unpaired) electrons. The Morgan fingerprint density at radius 1 is 1.45 bits per heavy atom. The highest BCUT2D eigenvalue weighted by Crippen LogP contribution is 2.17. The normalized spacial score (nSPS) is 13.0. The van der Waals surface area contributed by atoms with Gasteiger partial charge in [-0.25, -0.2) is 0 Å². The van der Waals surface area contributed by atoms with Crippen LogP contribution < -0.4 is 5.73 Å². The molecule has 1 atom stereocenters. The average Bonchev–Trinajstić information content (AvgIpc) is 1.94. The predicted molar refractivity (Wildman–Crippen MR) is 46.2 cm³/mol. The van der Waals surface area contributed by atoms with Crippen molar-refractivity contribution in [3.05, 3.63) is 29.3 Å². The summed E-state index contributed by atoms with van der Waals surface area (Å²) >= 11 is 0. The van der Waals surface area contributed by atoms with E-state index in [1.165, 1.54) is 0 Å². The molecule has 2 nitrogen and oxygen atoms in total. The SMILES string of the molecule is Cc1ccc(C(C)O)cc1N. The molecule has 2 heteroatoms. The van der Waals surface area contributed by atoms with E-state index in [1.54, 1.807) is 13.0 Å². The van der Waals surface area contributed by atoms with Crippen LogP contribution >= 0.6 is 0 Å². The van der Waals surface area contributed by atoms with Gasteiger partial charge in [0, 0.05) is 5.69 Å². The van der Waals surface area contributed by atoms with Gasteiger partial charge < -0.3 is 10.8 Å². The molecular weight excluding hydrogens is 138 g/mol. The number of nitrogens with two attached hydrogens (primary N) is 1. The van der Waals surface area contributed by atoms with Crippen LogP contribution in [0.4, 0.5) is 5.69 Å². The van der Waals surface area contributed by atoms with Gasteiger partial charge in [-0.2, -0.15) is 0 Å². The molecule has 0 fully saturated rings. The maximum absolute atomic E-state index is 9.18. The van der Waals surface area contributed by atoms with Crippen molar-refractivity contribution in [3.63, 3.8) is 0 Å². The second-order valence-electron chi connectivity index (χ2n) is 2.79. The topological polar surface area (TPSA) is 46.2 Å². The van der Waals surface area contributed by atoms with E-state index in [0.717, 1.165) is 16.8 Å². The van der Waals surface area contributed by atoms with Gasteiger partial charge in [0.15, 0.2) is 0 Å². The van der Waals surface area contributed by atoms with Gasteiger partial charge in [0.25, 0.3) is 0 Å². The van der Waals surface area contributed by atoms with Gasteiger partial charge in [0.2, 0.25) is 0 Å². The molecule has 0 aliphatic carbocycles. The minimum Gasteiger partial charge on any atom is -0.399 e. The largest absolute Gasteiger partial charge is 0.399 e. The number of aliphatic hydroxyl groups excluding tert-OH is 1. The number of rotatable bonds is 1. The molecule has 0 aliphatic rings. The van der Waals surface area contributed by atoms with E-state index in [-0.39, 0.29) is 0 Å². The van der Waals surface area contributed by atoms with E-state index in [0.29, 0.717) is 0 Å². The molecule has 1 aromatic rings. The third kappa shape index (κ3) is 1.71. The molecule has 0 heterocycles. The van der Waals surface area contributed by atoms with E-state index in [4.69, 9.17) is 5.73 Å². The first-order valence-corrected chi connectivity index (χ1v) is 3.65. The number of aliphatic hydroxyl groups is 1. The second kappa shape index (κ2) is 2.93. The molecule has 0 saturated carbocycles. The summed E-state index contributed by atoms with van der Waals surface area (Å²) in [7, 11) is 0. The molecule has 0 aromatic heterocycles. The standard InChI is InChI=1S/C9H13NO/c1-6-3-4-8(7(2)11)5-9(6)10/h3-5,7,11H,10H2,1-2H3. The second-order valence-corrected chi connectivity index (χ2v) is 2.79. The first-order valence-electron chi connectivity index (χ1n) is 3.65. The highest BCUT2D eigenvalue weighted by Gasteiger charge is 2.01. The van der Waals surface area contributed by atoms with Gasteiger partial charge in [-0.15, -0.1) is 0 Å². The lowest BCUT2D eigenvalue weighted by atomic mass is 10.1. The molecule has 1 aromatic carbocycles. The van der Waals surface area contributed by atoms with Crippen LogP contribution in [0.2, 0.25) is 0 Å². The van der Waals surface area contributed by atoms with Crippen molar-refractivity contribution < 1.29 is 5.11 Å². The van der Waals surface area contributed by atoms with Gasteiger partial charge >= 0.3 is 0 Å². The van der Waals surface area contributed by atoms with Crippen LogP contribution in [-0.2, 0) is 0 Å². The summed E-state index contributed by atoms with van der Waals surface area (Å²) in [6.45, 7) is 3.67. The van der Waals surface area contributed by atoms with Crippen LogP contribution in [0.1, 0.15) is 24.2 Å². The van der Waals surface area contributed by atoms with Crippen molar-refractivity contribution in [3.8, 4) is 0 Å². The lowest BCUT2D eigenvalue weighted by molar-refractivity contribution is 0.199. The fraction of sp³-hybridized carbons (Fsp3) is 0.333. The Morgan fingerprint density at radius 3 is 2.55 bits per heavy atom. The number of hydrogen-bond acceptors (Lipinski definition) is 2. The van der Waals surface area contributed by atoms with Gasteiger partial charge in [-0.1, -0.05) is 12.1 Å². The molecule has 1 unspecified atom stereocenters. The van der Waals surface area contributed by atoms with Gasteiger partial charge in [0.1, 0.15) is 0 Å². The molecule has 1 rings (SSSR count). The van der Waals surface area contributed by atoms with Gasteiger partial charge in [-0.05, 0) is 31.0 Å². The molecule has 11 heavy (non-hydrogen) atoms. The molecule has 60 valence electrons. The number of benzene rings is 1. The van der Waals surface area contributed by atoms with Crippen molar-refractivity contribution in [2.75, 3.05) is 5.73 Å². The summed E-state index contributed by atoms with van der Waals surface area (Å²) in [5.41, 5.74) is 8.31.